The molecular weight excluding hydrogens is 264 g/mol. The van der Waals surface area contributed by atoms with Gasteiger partial charge in [0, 0.05) is 30.0 Å². The van der Waals surface area contributed by atoms with Gasteiger partial charge in [-0.3, -0.25) is 9.36 Å². The summed E-state index contributed by atoms with van der Waals surface area (Å²) in [4.78, 5) is 16.4. The minimum atomic E-state index is -0.0367. The van der Waals surface area contributed by atoms with Crippen LogP contribution >= 0.6 is 0 Å². The van der Waals surface area contributed by atoms with E-state index in [-0.39, 0.29) is 5.56 Å². The first-order valence-corrected chi connectivity index (χ1v) is 6.56. The van der Waals surface area contributed by atoms with Gasteiger partial charge in [-0.05, 0) is 35.2 Å². The number of nitrogens with zero attached hydrogens (tertiary/aromatic N) is 2. The average Bonchev–Trinajstić information content (AvgIpc) is 2.55. The molecule has 4 heteroatoms. The van der Waals surface area contributed by atoms with Gasteiger partial charge in [-0.15, -0.1) is 0 Å². The van der Waals surface area contributed by atoms with Crippen LogP contribution in [0, 0.1) is 0 Å². The smallest absolute Gasteiger partial charge is 0.262 e. The molecule has 21 heavy (non-hydrogen) atoms. The molecule has 0 amide bonds. The predicted octanol–water partition coefficient (Wildman–Crippen LogP) is 3.03. The van der Waals surface area contributed by atoms with Crippen molar-refractivity contribution in [3.8, 4) is 5.88 Å². The molecule has 0 unspecified atom stereocenters. The van der Waals surface area contributed by atoms with Gasteiger partial charge in [0.2, 0.25) is 5.88 Å². The molecule has 0 atom stereocenters. The van der Waals surface area contributed by atoms with Crippen LogP contribution in [0.1, 0.15) is 5.56 Å². The molecule has 0 saturated carbocycles. The standard InChI is InChI=1S/C17H14N2O2/c1-21-16-12-13(6-9-18-16)7-10-19-11-8-14-4-2-3-5-15(14)17(19)20/h2-12H,1H3. The number of ether oxygens (including phenoxy) is 1. The lowest BCUT2D eigenvalue weighted by atomic mass is 10.2. The highest BCUT2D eigenvalue weighted by molar-refractivity contribution is 5.81. The van der Waals surface area contributed by atoms with Crippen molar-refractivity contribution in [3.63, 3.8) is 0 Å². The van der Waals surface area contributed by atoms with Gasteiger partial charge in [0.05, 0.1) is 7.11 Å². The Labute approximate surface area is 121 Å². The lowest BCUT2D eigenvalue weighted by Gasteiger charge is -2.02. The van der Waals surface area contributed by atoms with Crippen LogP contribution in [0.15, 0.2) is 59.7 Å². The maximum absolute atomic E-state index is 12.3. The van der Waals surface area contributed by atoms with Crippen molar-refractivity contribution in [2.45, 2.75) is 0 Å². The Morgan fingerprint density at radius 1 is 1.19 bits per heavy atom. The minimum Gasteiger partial charge on any atom is -0.481 e. The van der Waals surface area contributed by atoms with Crippen LogP contribution in [0.3, 0.4) is 0 Å². The van der Waals surface area contributed by atoms with Crippen LogP contribution in [-0.4, -0.2) is 16.7 Å². The van der Waals surface area contributed by atoms with Crippen LogP contribution in [0.4, 0.5) is 0 Å². The van der Waals surface area contributed by atoms with E-state index >= 15 is 0 Å². The van der Waals surface area contributed by atoms with Crippen molar-refractivity contribution in [1.82, 2.24) is 9.55 Å². The average molecular weight is 278 g/mol. The molecule has 0 aliphatic heterocycles. The number of rotatable bonds is 3. The molecule has 0 saturated heterocycles. The number of hydrogen-bond donors (Lipinski definition) is 0. The number of aromatic nitrogens is 2. The van der Waals surface area contributed by atoms with Gasteiger partial charge in [-0.1, -0.05) is 18.2 Å². The van der Waals surface area contributed by atoms with E-state index in [1.807, 2.05) is 48.5 Å². The summed E-state index contributed by atoms with van der Waals surface area (Å²) in [5.41, 5.74) is 0.882. The molecule has 3 rings (SSSR count). The lowest BCUT2D eigenvalue weighted by Crippen LogP contribution is -2.14. The predicted molar refractivity (Wildman–Crippen MR) is 84.2 cm³/mol. The second-order valence-electron chi connectivity index (χ2n) is 4.56. The second-order valence-corrected chi connectivity index (χ2v) is 4.56. The van der Waals surface area contributed by atoms with Crippen molar-refractivity contribution >= 4 is 23.0 Å². The highest BCUT2D eigenvalue weighted by atomic mass is 16.5. The highest BCUT2D eigenvalue weighted by Crippen LogP contribution is 2.11. The Balaban J connectivity index is 1.99. The van der Waals surface area contributed by atoms with E-state index in [0.29, 0.717) is 11.3 Å². The lowest BCUT2D eigenvalue weighted by molar-refractivity contribution is 0.398. The molecule has 4 nitrogen and oxygen atoms in total. The molecule has 0 N–H and O–H groups in total. The number of benzene rings is 1. The second kappa shape index (κ2) is 5.63. The molecule has 0 aliphatic carbocycles. The summed E-state index contributed by atoms with van der Waals surface area (Å²) in [6, 6.07) is 13.1. The largest absolute Gasteiger partial charge is 0.481 e. The van der Waals surface area contributed by atoms with Crippen molar-refractivity contribution in [1.29, 1.82) is 0 Å². The number of methoxy groups -OCH3 is 1. The zero-order chi connectivity index (χ0) is 14.7. The van der Waals surface area contributed by atoms with E-state index in [2.05, 4.69) is 4.98 Å². The van der Waals surface area contributed by atoms with Crippen molar-refractivity contribution in [2.24, 2.45) is 0 Å². The topological polar surface area (TPSA) is 44.1 Å². The molecule has 3 aromatic rings. The number of fused-ring (bicyclic) bond motifs is 1. The summed E-state index contributed by atoms with van der Waals surface area (Å²) in [7, 11) is 1.57. The summed E-state index contributed by atoms with van der Waals surface area (Å²) < 4.78 is 6.64. The molecule has 1 aromatic carbocycles. The van der Waals surface area contributed by atoms with Gasteiger partial charge in [-0.2, -0.15) is 0 Å². The Kier molecular flexibility index (Phi) is 3.51. The molecule has 0 fully saturated rings. The minimum absolute atomic E-state index is 0.0367. The van der Waals surface area contributed by atoms with E-state index in [9.17, 15) is 4.79 Å². The summed E-state index contributed by atoms with van der Waals surface area (Å²) in [5, 5.41) is 1.65. The maximum Gasteiger partial charge on any atom is 0.262 e. The first kappa shape index (κ1) is 13.1. The zero-order valence-electron chi connectivity index (χ0n) is 11.6. The number of pyridine rings is 2. The maximum atomic E-state index is 12.3. The SMILES string of the molecule is COc1cc(C=Cn2ccc3ccccc3c2=O)ccn1. The van der Waals surface area contributed by atoms with Gasteiger partial charge < -0.3 is 4.74 Å². The fourth-order valence-corrected chi connectivity index (χ4v) is 2.13. The number of hydrogen-bond acceptors (Lipinski definition) is 3. The van der Waals surface area contributed by atoms with Gasteiger partial charge in [-0.25, -0.2) is 4.98 Å². The van der Waals surface area contributed by atoms with Crippen molar-refractivity contribution in [3.05, 3.63) is 70.8 Å². The fourth-order valence-electron chi connectivity index (χ4n) is 2.13. The third-order valence-corrected chi connectivity index (χ3v) is 3.24. The Hall–Kier alpha value is -2.88. The third kappa shape index (κ3) is 2.69. The summed E-state index contributed by atoms with van der Waals surface area (Å²) >= 11 is 0. The quantitative estimate of drug-likeness (QED) is 0.739. The fraction of sp³-hybridized carbons (Fsp3) is 0.0588. The first-order valence-electron chi connectivity index (χ1n) is 6.56. The van der Waals surface area contributed by atoms with Crippen LogP contribution < -0.4 is 10.3 Å². The monoisotopic (exact) mass is 278 g/mol. The molecule has 0 bridgehead atoms. The Morgan fingerprint density at radius 3 is 2.90 bits per heavy atom. The van der Waals surface area contributed by atoms with Gasteiger partial charge in [0.25, 0.3) is 5.56 Å². The van der Waals surface area contributed by atoms with Crippen molar-refractivity contribution in [2.75, 3.05) is 7.11 Å². The molecular formula is C17H14N2O2. The molecule has 0 spiro atoms. The Morgan fingerprint density at radius 2 is 2.05 bits per heavy atom. The van der Waals surface area contributed by atoms with E-state index in [4.69, 9.17) is 4.74 Å². The normalized spacial score (nSPS) is 11.1. The third-order valence-electron chi connectivity index (χ3n) is 3.24. The van der Waals surface area contributed by atoms with Crippen LogP contribution in [-0.2, 0) is 0 Å². The van der Waals surface area contributed by atoms with Gasteiger partial charge >= 0.3 is 0 Å². The van der Waals surface area contributed by atoms with Crippen LogP contribution in [0.25, 0.3) is 23.0 Å². The van der Waals surface area contributed by atoms with E-state index in [1.54, 1.807) is 30.3 Å². The Bertz CT molecular complexity index is 866. The summed E-state index contributed by atoms with van der Waals surface area (Å²) in [5.74, 6) is 0.544. The van der Waals surface area contributed by atoms with Crippen molar-refractivity contribution < 1.29 is 4.74 Å². The molecule has 2 heterocycles. The molecule has 0 radical (unpaired) electrons. The van der Waals surface area contributed by atoms with Crippen LogP contribution in [0.5, 0.6) is 5.88 Å². The van der Waals surface area contributed by atoms with Gasteiger partial charge in [0.15, 0.2) is 0 Å². The highest BCUT2D eigenvalue weighted by Gasteiger charge is 1.99. The summed E-state index contributed by atoms with van der Waals surface area (Å²) in [6.45, 7) is 0. The van der Waals surface area contributed by atoms with E-state index in [1.165, 1.54) is 0 Å². The molecule has 2 aromatic heterocycles. The first-order chi connectivity index (χ1) is 10.3. The van der Waals surface area contributed by atoms with Crippen LogP contribution in [0.2, 0.25) is 0 Å². The van der Waals surface area contributed by atoms with Gasteiger partial charge in [0.1, 0.15) is 0 Å². The zero-order valence-corrected chi connectivity index (χ0v) is 11.6. The summed E-state index contributed by atoms with van der Waals surface area (Å²) in [6.07, 6.45) is 7.02. The molecule has 104 valence electrons. The van der Waals surface area contributed by atoms with E-state index < -0.39 is 0 Å². The van der Waals surface area contributed by atoms with E-state index in [0.717, 1.165) is 10.9 Å². The molecule has 0 aliphatic rings.